The van der Waals surface area contributed by atoms with Gasteiger partial charge in [0.15, 0.2) is 0 Å². The average molecular weight is 467 g/mol. The van der Waals surface area contributed by atoms with Gasteiger partial charge in [-0.3, -0.25) is 9.59 Å². The second-order valence-corrected chi connectivity index (χ2v) is 8.02. The lowest BCUT2D eigenvalue weighted by Gasteiger charge is -2.13. The third-order valence-electron chi connectivity index (χ3n) is 4.22. The Bertz CT molecular complexity index is 1040. The van der Waals surface area contributed by atoms with Crippen molar-refractivity contribution in [2.24, 2.45) is 5.92 Å². The number of rotatable bonds is 7. The third kappa shape index (κ3) is 5.70. The zero-order valence-electron chi connectivity index (χ0n) is 16.8. The molecule has 0 heterocycles. The minimum absolute atomic E-state index is 0.296. The molecule has 0 aliphatic carbocycles. The number of para-hydroxylation sites is 2. The van der Waals surface area contributed by atoms with E-state index in [1.54, 1.807) is 54.6 Å². The van der Waals surface area contributed by atoms with E-state index in [9.17, 15) is 9.59 Å². The Morgan fingerprint density at radius 1 is 0.900 bits per heavy atom. The number of benzene rings is 3. The molecule has 2 amide bonds. The Balaban J connectivity index is 1.74. The van der Waals surface area contributed by atoms with Gasteiger partial charge in [0.2, 0.25) is 0 Å². The molecule has 0 saturated carbocycles. The van der Waals surface area contributed by atoms with Gasteiger partial charge in [-0.05, 0) is 64.3 Å². The molecular weight excluding hydrogens is 444 g/mol. The lowest BCUT2D eigenvalue weighted by molar-refractivity contribution is 0.102. The molecule has 0 atom stereocenters. The van der Waals surface area contributed by atoms with Gasteiger partial charge in [0.25, 0.3) is 11.8 Å². The molecule has 0 spiro atoms. The average Bonchev–Trinajstić information content (AvgIpc) is 2.73. The minimum Gasteiger partial charge on any atom is -0.492 e. The summed E-state index contributed by atoms with van der Waals surface area (Å²) < 4.78 is 6.43. The van der Waals surface area contributed by atoms with Crippen LogP contribution in [0.5, 0.6) is 5.75 Å². The molecule has 3 aromatic rings. The highest BCUT2D eigenvalue weighted by Gasteiger charge is 2.15. The lowest BCUT2D eigenvalue weighted by Crippen LogP contribution is -2.18. The van der Waals surface area contributed by atoms with E-state index in [4.69, 9.17) is 4.74 Å². The maximum absolute atomic E-state index is 12.8. The van der Waals surface area contributed by atoms with Crippen molar-refractivity contribution in [1.82, 2.24) is 0 Å². The van der Waals surface area contributed by atoms with E-state index < -0.39 is 0 Å². The molecule has 3 aromatic carbocycles. The molecule has 0 aliphatic heterocycles. The lowest BCUT2D eigenvalue weighted by atomic mass is 10.1. The second kappa shape index (κ2) is 10.1. The van der Waals surface area contributed by atoms with Gasteiger partial charge in [0, 0.05) is 11.3 Å². The quantitative estimate of drug-likeness (QED) is 0.449. The van der Waals surface area contributed by atoms with Crippen LogP contribution in [0.3, 0.4) is 0 Å². The summed E-state index contributed by atoms with van der Waals surface area (Å²) in [6.45, 7) is 4.73. The van der Waals surface area contributed by atoms with Gasteiger partial charge < -0.3 is 15.4 Å². The van der Waals surface area contributed by atoms with Crippen LogP contribution in [-0.2, 0) is 0 Å². The van der Waals surface area contributed by atoms with Crippen LogP contribution in [0.1, 0.15) is 34.6 Å². The monoisotopic (exact) mass is 466 g/mol. The van der Waals surface area contributed by atoms with Crippen molar-refractivity contribution >= 4 is 39.1 Å². The summed E-state index contributed by atoms with van der Waals surface area (Å²) in [5.41, 5.74) is 1.96. The fourth-order valence-corrected chi connectivity index (χ4v) is 3.21. The van der Waals surface area contributed by atoms with Crippen LogP contribution in [0.2, 0.25) is 0 Å². The molecule has 6 heteroatoms. The number of halogens is 1. The van der Waals surface area contributed by atoms with Crippen molar-refractivity contribution in [1.29, 1.82) is 0 Å². The molecular formula is C24H23BrN2O3. The fraction of sp³-hybridized carbons (Fsp3) is 0.167. The Labute approximate surface area is 184 Å². The Hall–Kier alpha value is -3.12. The summed E-state index contributed by atoms with van der Waals surface area (Å²) in [5, 5.41) is 5.67. The molecule has 0 saturated heterocycles. The van der Waals surface area contributed by atoms with Crippen LogP contribution in [0.25, 0.3) is 0 Å². The Morgan fingerprint density at radius 2 is 1.60 bits per heavy atom. The van der Waals surface area contributed by atoms with Crippen LogP contribution in [-0.4, -0.2) is 18.4 Å². The zero-order valence-corrected chi connectivity index (χ0v) is 18.4. The van der Waals surface area contributed by atoms with Gasteiger partial charge in [-0.25, -0.2) is 0 Å². The molecule has 0 radical (unpaired) electrons. The summed E-state index contributed by atoms with van der Waals surface area (Å²) in [5.74, 6) is 0.475. The predicted octanol–water partition coefficient (Wildman–Crippen LogP) is 5.99. The Kier molecular flexibility index (Phi) is 7.25. The summed E-state index contributed by atoms with van der Waals surface area (Å²) in [4.78, 5) is 25.5. The number of carbonyl (C=O) groups is 2. The van der Waals surface area contributed by atoms with Crippen molar-refractivity contribution in [2.75, 3.05) is 17.2 Å². The predicted molar refractivity (Wildman–Crippen MR) is 123 cm³/mol. The van der Waals surface area contributed by atoms with E-state index in [-0.39, 0.29) is 11.8 Å². The van der Waals surface area contributed by atoms with Crippen molar-refractivity contribution in [3.63, 3.8) is 0 Å². The summed E-state index contributed by atoms with van der Waals surface area (Å²) in [7, 11) is 0. The highest BCUT2D eigenvalue weighted by atomic mass is 79.9. The van der Waals surface area contributed by atoms with E-state index in [1.807, 2.05) is 18.2 Å². The van der Waals surface area contributed by atoms with Gasteiger partial charge in [-0.2, -0.15) is 0 Å². The zero-order chi connectivity index (χ0) is 21.5. The summed E-state index contributed by atoms with van der Waals surface area (Å²) >= 11 is 3.46. The first-order valence-electron chi connectivity index (χ1n) is 9.63. The van der Waals surface area contributed by atoms with E-state index in [2.05, 4.69) is 40.4 Å². The molecule has 0 bridgehead atoms. The van der Waals surface area contributed by atoms with Gasteiger partial charge in [-0.1, -0.05) is 44.2 Å². The minimum atomic E-state index is -0.314. The highest BCUT2D eigenvalue weighted by molar-refractivity contribution is 9.10. The van der Waals surface area contributed by atoms with E-state index in [0.717, 1.165) is 0 Å². The van der Waals surface area contributed by atoms with Gasteiger partial charge in [0.05, 0.1) is 22.3 Å². The fourth-order valence-electron chi connectivity index (χ4n) is 2.72. The SMILES string of the molecule is CC(C)COc1ccc(C(=O)Nc2ccccc2C(=O)Nc2ccccc2)cc1Br. The summed E-state index contributed by atoms with van der Waals surface area (Å²) in [6.07, 6.45) is 0. The third-order valence-corrected chi connectivity index (χ3v) is 4.84. The van der Waals surface area contributed by atoms with Crippen LogP contribution in [0, 0.1) is 5.92 Å². The van der Waals surface area contributed by atoms with Crippen LogP contribution >= 0.6 is 15.9 Å². The number of anilines is 2. The van der Waals surface area contributed by atoms with E-state index in [0.29, 0.717) is 45.2 Å². The first-order chi connectivity index (χ1) is 14.4. The van der Waals surface area contributed by atoms with Crippen molar-refractivity contribution in [3.8, 4) is 5.75 Å². The molecule has 154 valence electrons. The van der Waals surface area contributed by atoms with Crippen LogP contribution in [0.4, 0.5) is 11.4 Å². The smallest absolute Gasteiger partial charge is 0.257 e. The van der Waals surface area contributed by atoms with Crippen molar-refractivity contribution < 1.29 is 14.3 Å². The number of hydrogen-bond donors (Lipinski definition) is 2. The number of hydrogen-bond acceptors (Lipinski definition) is 3. The second-order valence-electron chi connectivity index (χ2n) is 7.17. The van der Waals surface area contributed by atoms with Gasteiger partial charge >= 0.3 is 0 Å². The maximum atomic E-state index is 12.8. The molecule has 5 nitrogen and oxygen atoms in total. The van der Waals surface area contributed by atoms with Crippen LogP contribution in [0.15, 0.2) is 77.3 Å². The normalized spacial score (nSPS) is 10.5. The topological polar surface area (TPSA) is 67.4 Å². The number of amides is 2. The molecule has 0 unspecified atom stereocenters. The standard InChI is InChI=1S/C24H23BrN2O3/c1-16(2)15-30-22-13-12-17(14-20(22)25)23(28)27-21-11-7-6-10-19(21)24(29)26-18-8-4-3-5-9-18/h3-14,16H,15H2,1-2H3,(H,26,29)(H,27,28). The molecule has 3 rings (SSSR count). The molecule has 0 aromatic heterocycles. The Morgan fingerprint density at radius 3 is 2.30 bits per heavy atom. The van der Waals surface area contributed by atoms with E-state index >= 15 is 0 Å². The van der Waals surface area contributed by atoms with Gasteiger partial charge in [-0.15, -0.1) is 0 Å². The largest absolute Gasteiger partial charge is 0.492 e. The van der Waals surface area contributed by atoms with Crippen molar-refractivity contribution in [2.45, 2.75) is 13.8 Å². The first-order valence-corrected chi connectivity index (χ1v) is 10.4. The van der Waals surface area contributed by atoms with Crippen molar-refractivity contribution in [3.05, 3.63) is 88.4 Å². The van der Waals surface area contributed by atoms with Crippen LogP contribution < -0.4 is 15.4 Å². The maximum Gasteiger partial charge on any atom is 0.257 e. The van der Waals surface area contributed by atoms with E-state index in [1.165, 1.54) is 0 Å². The molecule has 0 aliphatic rings. The highest BCUT2D eigenvalue weighted by Crippen LogP contribution is 2.27. The number of carbonyl (C=O) groups excluding carboxylic acids is 2. The molecule has 0 fully saturated rings. The number of nitrogens with one attached hydrogen (secondary N) is 2. The number of ether oxygens (including phenoxy) is 1. The first kappa shape index (κ1) is 21.6. The summed E-state index contributed by atoms with van der Waals surface area (Å²) in [6, 6.07) is 21.2. The van der Waals surface area contributed by atoms with Gasteiger partial charge in [0.1, 0.15) is 5.75 Å². The molecule has 2 N–H and O–H groups in total. The molecule has 30 heavy (non-hydrogen) atoms.